The van der Waals surface area contributed by atoms with Crippen molar-refractivity contribution >= 4 is 5.82 Å². The second-order valence-electron chi connectivity index (χ2n) is 5.67. The molecule has 2 aliphatic rings. The molecule has 0 aliphatic carbocycles. The number of pyridine rings is 1. The van der Waals surface area contributed by atoms with Gasteiger partial charge in [0, 0.05) is 18.3 Å². The quantitative estimate of drug-likeness (QED) is 0.744. The molecule has 3 heteroatoms. The normalized spacial score (nSPS) is 26.7. The van der Waals surface area contributed by atoms with Crippen molar-refractivity contribution in [2.24, 2.45) is 5.92 Å². The van der Waals surface area contributed by atoms with Crippen LogP contribution in [0.4, 0.5) is 5.82 Å². The predicted molar refractivity (Wildman–Crippen MR) is 68.7 cm³/mol. The van der Waals surface area contributed by atoms with Gasteiger partial charge in [-0.2, -0.15) is 0 Å². The van der Waals surface area contributed by atoms with E-state index in [2.05, 4.69) is 36.7 Å². The Bertz CT molecular complexity index is 430. The van der Waals surface area contributed by atoms with Gasteiger partial charge in [-0.1, -0.05) is 20.8 Å². The summed E-state index contributed by atoms with van der Waals surface area (Å²) in [6.45, 7) is 8.66. The van der Waals surface area contributed by atoms with Crippen molar-refractivity contribution in [1.29, 1.82) is 0 Å². The van der Waals surface area contributed by atoms with Crippen LogP contribution in [0, 0.1) is 5.92 Å². The summed E-state index contributed by atoms with van der Waals surface area (Å²) < 4.78 is 5.97. The maximum absolute atomic E-state index is 5.97. The zero-order valence-corrected chi connectivity index (χ0v) is 10.8. The van der Waals surface area contributed by atoms with Crippen LogP contribution in [0.5, 0.6) is 5.75 Å². The molecule has 92 valence electrons. The Labute approximate surface area is 103 Å². The molecule has 0 spiro atoms. The lowest BCUT2D eigenvalue weighted by molar-refractivity contribution is 0.264. The zero-order chi connectivity index (χ0) is 12.0. The Balaban J connectivity index is 2.04. The minimum absolute atomic E-state index is 0.489. The van der Waals surface area contributed by atoms with Gasteiger partial charge in [-0.15, -0.1) is 0 Å². The molecule has 0 N–H and O–H groups in total. The average molecular weight is 232 g/mol. The van der Waals surface area contributed by atoms with Crippen LogP contribution in [0.1, 0.15) is 38.7 Å². The fourth-order valence-electron chi connectivity index (χ4n) is 3.01. The summed E-state index contributed by atoms with van der Waals surface area (Å²) in [6.07, 6.45) is 3.15. The first kappa shape index (κ1) is 10.9. The van der Waals surface area contributed by atoms with Crippen molar-refractivity contribution in [3.05, 3.63) is 17.8 Å². The second kappa shape index (κ2) is 3.90. The number of hydrogen-bond donors (Lipinski definition) is 0. The van der Waals surface area contributed by atoms with Crippen LogP contribution >= 0.6 is 0 Å². The van der Waals surface area contributed by atoms with Crippen molar-refractivity contribution in [2.45, 2.75) is 39.2 Å². The maximum Gasteiger partial charge on any atom is 0.172 e. The minimum Gasteiger partial charge on any atom is -0.487 e. The largest absolute Gasteiger partial charge is 0.487 e. The van der Waals surface area contributed by atoms with E-state index in [0.29, 0.717) is 12.0 Å². The minimum atomic E-state index is 0.489. The van der Waals surface area contributed by atoms with Gasteiger partial charge < -0.3 is 9.64 Å². The van der Waals surface area contributed by atoms with Crippen molar-refractivity contribution in [3.63, 3.8) is 0 Å². The molecular weight excluding hydrogens is 212 g/mol. The number of anilines is 1. The molecule has 1 fully saturated rings. The molecule has 1 aromatic heterocycles. The summed E-state index contributed by atoms with van der Waals surface area (Å²) in [5, 5.41) is 0. The van der Waals surface area contributed by atoms with Gasteiger partial charge in [0.1, 0.15) is 6.61 Å². The first-order valence-electron chi connectivity index (χ1n) is 6.55. The van der Waals surface area contributed by atoms with Gasteiger partial charge >= 0.3 is 0 Å². The molecule has 3 rings (SSSR count). The molecule has 1 aromatic rings. The lowest BCUT2D eigenvalue weighted by atomic mass is 10.0. The van der Waals surface area contributed by atoms with Crippen LogP contribution in [0.15, 0.2) is 12.3 Å². The second-order valence-corrected chi connectivity index (χ2v) is 5.67. The average Bonchev–Trinajstić information content (AvgIpc) is 2.68. The Morgan fingerprint density at radius 3 is 3.06 bits per heavy atom. The van der Waals surface area contributed by atoms with Crippen LogP contribution in [0.2, 0.25) is 0 Å². The molecular formula is C14H20N2O. The van der Waals surface area contributed by atoms with Gasteiger partial charge in [-0.3, -0.25) is 0 Å². The molecule has 3 heterocycles. The predicted octanol–water partition coefficient (Wildman–Crippen LogP) is 2.81. The standard InChI is InChI=1S/C14H20N2O/c1-9(2)12-4-5-15-14-13(12)17-8-11-6-10(3)7-16(11)14/h4-5,9-11H,6-8H2,1-3H3/t10-,11?/m0/s1. The third-order valence-corrected chi connectivity index (χ3v) is 3.85. The number of nitrogens with zero attached hydrogens (tertiary/aromatic N) is 2. The lowest BCUT2D eigenvalue weighted by Gasteiger charge is -2.33. The first-order chi connectivity index (χ1) is 8.16. The molecule has 2 atom stereocenters. The van der Waals surface area contributed by atoms with Gasteiger partial charge in [0.15, 0.2) is 11.6 Å². The highest BCUT2D eigenvalue weighted by atomic mass is 16.5. The number of aromatic nitrogens is 1. The molecule has 1 saturated heterocycles. The summed E-state index contributed by atoms with van der Waals surface area (Å²) in [5.41, 5.74) is 1.29. The molecule has 0 aromatic carbocycles. The van der Waals surface area contributed by atoms with Crippen molar-refractivity contribution in [3.8, 4) is 5.75 Å². The van der Waals surface area contributed by atoms with Gasteiger partial charge in [0.05, 0.1) is 6.04 Å². The maximum atomic E-state index is 5.97. The van der Waals surface area contributed by atoms with Crippen molar-refractivity contribution in [2.75, 3.05) is 18.1 Å². The topological polar surface area (TPSA) is 25.4 Å². The summed E-state index contributed by atoms with van der Waals surface area (Å²) in [4.78, 5) is 6.98. The molecule has 0 amide bonds. The number of ether oxygens (including phenoxy) is 1. The Morgan fingerprint density at radius 1 is 1.47 bits per heavy atom. The van der Waals surface area contributed by atoms with Crippen molar-refractivity contribution < 1.29 is 4.74 Å². The number of hydrogen-bond acceptors (Lipinski definition) is 3. The van der Waals surface area contributed by atoms with E-state index in [1.807, 2.05) is 6.20 Å². The lowest BCUT2D eigenvalue weighted by Crippen LogP contribution is -2.39. The fourth-order valence-corrected chi connectivity index (χ4v) is 3.01. The number of rotatable bonds is 1. The Morgan fingerprint density at radius 2 is 2.29 bits per heavy atom. The first-order valence-corrected chi connectivity index (χ1v) is 6.55. The summed E-state index contributed by atoms with van der Waals surface area (Å²) >= 11 is 0. The highest BCUT2D eigenvalue weighted by Gasteiger charge is 2.37. The third-order valence-electron chi connectivity index (χ3n) is 3.85. The highest BCUT2D eigenvalue weighted by Crippen LogP contribution is 2.41. The Kier molecular flexibility index (Phi) is 2.49. The smallest absolute Gasteiger partial charge is 0.172 e. The SMILES string of the molecule is CC(C)c1ccnc2c1OCC1C[C@H](C)CN21. The van der Waals surface area contributed by atoms with Crippen LogP contribution < -0.4 is 9.64 Å². The van der Waals surface area contributed by atoms with E-state index in [0.717, 1.165) is 30.6 Å². The highest BCUT2D eigenvalue weighted by molar-refractivity contribution is 5.60. The van der Waals surface area contributed by atoms with E-state index in [4.69, 9.17) is 4.74 Å². The fraction of sp³-hybridized carbons (Fsp3) is 0.643. The molecule has 17 heavy (non-hydrogen) atoms. The van der Waals surface area contributed by atoms with Crippen molar-refractivity contribution in [1.82, 2.24) is 4.98 Å². The van der Waals surface area contributed by atoms with E-state index in [1.165, 1.54) is 12.0 Å². The van der Waals surface area contributed by atoms with Crippen LogP contribution in [-0.2, 0) is 0 Å². The van der Waals surface area contributed by atoms with Crippen LogP contribution in [-0.4, -0.2) is 24.2 Å². The van der Waals surface area contributed by atoms with Crippen LogP contribution in [0.3, 0.4) is 0 Å². The molecule has 0 saturated carbocycles. The van der Waals surface area contributed by atoms with Gasteiger partial charge in [-0.25, -0.2) is 4.98 Å². The summed E-state index contributed by atoms with van der Waals surface area (Å²) in [5.74, 6) is 3.33. The summed E-state index contributed by atoms with van der Waals surface area (Å²) in [6, 6.07) is 2.62. The van der Waals surface area contributed by atoms with E-state index in [9.17, 15) is 0 Å². The molecule has 1 unspecified atom stereocenters. The third kappa shape index (κ3) is 1.68. The van der Waals surface area contributed by atoms with Gasteiger partial charge in [0.2, 0.25) is 0 Å². The van der Waals surface area contributed by atoms with Crippen LogP contribution in [0.25, 0.3) is 0 Å². The van der Waals surface area contributed by atoms with E-state index in [1.54, 1.807) is 0 Å². The molecule has 0 radical (unpaired) electrons. The van der Waals surface area contributed by atoms with Gasteiger partial charge in [0.25, 0.3) is 0 Å². The monoisotopic (exact) mass is 232 g/mol. The summed E-state index contributed by atoms with van der Waals surface area (Å²) in [7, 11) is 0. The van der Waals surface area contributed by atoms with E-state index >= 15 is 0 Å². The molecule has 2 aliphatic heterocycles. The molecule has 0 bridgehead atoms. The van der Waals surface area contributed by atoms with E-state index < -0.39 is 0 Å². The van der Waals surface area contributed by atoms with Gasteiger partial charge in [-0.05, 0) is 24.3 Å². The Hall–Kier alpha value is -1.25. The number of fused-ring (bicyclic) bond motifs is 3. The zero-order valence-electron chi connectivity index (χ0n) is 10.8. The molecule has 3 nitrogen and oxygen atoms in total. The van der Waals surface area contributed by atoms with E-state index in [-0.39, 0.29) is 0 Å².